The van der Waals surface area contributed by atoms with Crippen molar-refractivity contribution in [2.24, 2.45) is 0 Å². The normalized spacial score (nSPS) is 10.5. The summed E-state index contributed by atoms with van der Waals surface area (Å²) in [5.74, 6) is -0.382. The van der Waals surface area contributed by atoms with Gasteiger partial charge in [0.1, 0.15) is 11.9 Å². The van der Waals surface area contributed by atoms with Crippen LogP contribution in [0.25, 0.3) is 5.52 Å². The second-order valence-electron chi connectivity index (χ2n) is 3.21. The number of methoxy groups -OCH3 is 1. The van der Waals surface area contributed by atoms with Gasteiger partial charge in [0, 0.05) is 6.20 Å². The molecule has 0 aliphatic rings. The molecular weight excluding hydrogens is 226 g/mol. The number of rotatable bonds is 3. The van der Waals surface area contributed by atoms with Gasteiger partial charge in [-0.15, -0.1) is 0 Å². The van der Waals surface area contributed by atoms with Crippen LogP contribution in [0.1, 0.15) is 17.3 Å². The van der Waals surface area contributed by atoms with Gasteiger partial charge in [0.15, 0.2) is 11.3 Å². The van der Waals surface area contributed by atoms with Crippen LogP contribution in [0, 0.1) is 0 Å². The highest BCUT2D eigenvalue weighted by Crippen LogP contribution is 2.24. The molecule has 17 heavy (non-hydrogen) atoms. The molecule has 0 unspecified atom stereocenters. The fraction of sp³-hybridized carbons (Fsp3) is 0.300. The Hall–Kier alpha value is -2.31. The summed E-state index contributed by atoms with van der Waals surface area (Å²) in [6, 6.07) is 0. The Balaban J connectivity index is 2.69. The Labute approximate surface area is 96.0 Å². The fourth-order valence-electron chi connectivity index (χ4n) is 1.55. The van der Waals surface area contributed by atoms with Crippen molar-refractivity contribution >= 4 is 11.5 Å². The van der Waals surface area contributed by atoms with Crippen LogP contribution in [0.4, 0.5) is 0 Å². The quantitative estimate of drug-likeness (QED) is 0.771. The molecule has 0 bridgehead atoms. The van der Waals surface area contributed by atoms with Gasteiger partial charge in [0.05, 0.1) is 13.7 Å². The van der Waals surface area contributed by atoms with E-state index in [4.69, 9.17) is 9.47 Å². The molecule has 0 fully saturated rings. The molecule has 0 spiro atoms. The standard InChI is InChI=1S/C10H11N3O4/c1-3-17-10(15)6-4-13-7(8(6)16-2)9(14)11-5-12-13/h4-5H,3H2,1-2H3,(H,11,12,14). The first-order chi connectivity index (χ1) is 8.19. The molecule has 0 radical (unpaired) electrons. The Bertz CT molecular complexity index is 614. The number of nitrogens with one attached hydrogen (secondary N) is 1. The van der Waals surface area contributed by atoms with Gasteiger partial charge in [-0.1, -0.05) is 0 Å². The van der Waals surface area contributed by atoms with E-state index >= 15 is 0 Å². The van der Waals surface area contributed by atoms with E-state index in [1.165, 1.54) is 24.1 Å². The van der Waals surface area contributed by atoms with Crippen LogP contribution in [0.15, 0.2) is 17.3 Å². The molecule has 0 atom stereocenters. The number of ether oxygens (including phenoxy) is 2. The van der Waals surface area contributed by atoms with E-state index < -0.39 is 5.97 Å². The van der Waals surface area contributed by atoms with E-state index in [1.807, 2.05) is 0 Å². The van der Waals surface area contributed by atoms with Crippen LogP contribution in [-0.2, 0) is 4.74 Å². The molecule has 0 aliphatic carbocycles. The maximum Gasteiger partial charge on any atom is 0.343 e. The molecule has 0 amide bonds. The highest BCUT2D eigenvalue weighted by molar-refractivity contribution is 5.95. The lowest BCUT2D eigenvalue weighted by atomic mass is 10.3. The predicted octanol–water partition coefficient (Wildman–Crippen LogP) is 0.208. The molecule has 90 valence electrons. The monoisotopic (exact) mass is 237 g/mol. The summed E-state index contributed by atoms with van der Waals surface area (Å²) in [5, 5.41) is 3.89. The smallest absolute Gasteiger partial charge is 0.343 e. The third-order valence-corrected chi connectivity index (χ3v) is 2.23. The lowest BCUT2D eigenvalue weighted by Crippen LogP contribution is -2.10. The number of hydrogen-bond donors (Lipinski definition) is 1. The predicted molar refractivity (Wildman–Crippen MR) is 58.3 cm³/mol. The van der Waals surface area contributed by atoms with Gasteiger partial charge >= 0.3 is 5.97 Å². The number of esters is 1. The van der Waals surface area contributed by atoms with Crippen molar-refractivity contribution < 1.29 is 14.3 Å². The molecular formula is C10H11N3O4. The average Bonchev–Trinajstić information content (AvgIpc) is 2.69. The lowest BCUT2D eigenvalue weighted by molar-refractivity contribution is 0.0523. The highest BCUT2D eigenvalue weighted by atomic mass is 16.5. The SMILES string of the molecule is CCOC(=O)c1cn2nc[nH]c(=O)c2c1OC. The number of aromatic amines is 1. The zero-order chi connectivity index (χ0) is 12.4. The van der Waals surface area contributed by atoms with Gasteiger partial charge < -0.3 is 14.5 Å². The Kier molecular flexibility index (Phi) is 2.82. The van der Waals surface area contributed by atoms with Crippen molar-refractivity contribution in [2.75, 3.05) is 13.7 Å². The summed E-state index contributed by atoms with van der Waals surface area (Å²) in [6.07, 6.45) is 2.64. The fourth-order valence-corrected chi connectivity index (χ4v) is 1.55. The summed E-state index contributed by atoms with van der Waals surface area (Å²) >= 11 is 0. The zero-order valence-corrected chi connectivity index (χ0v) is 9.39. The van der Waals surface area contributed by atoms with Crippen molar-refractivity contribution in [3.05, 3.63) is 28.4 Å². The first-order valence-electron chi connectivity index (χ1n) is 4.99. The highest BCUT2D eigenvalue weighted by Gasteiger charge is 2.21. The summed E-state index contributed by atoms with van der Waals surface area (Å²) < 4.78 is 11.2. The summed E-state index contributed by atoms with van der Waals surface area (Å²) in [6.45, 7) is 1.95. The summed E-state index contributed by atoms with van der Waals surface area (Å²) in [7, 11) is 1.38. The van der Waals surface area contributed by atoms with E-state index in [0.29, 0.717) is 0 Å². The number of hydrogen-bond acceptors (Lipinski definition) is 5. The van der Waals surface area contributed by atoms with E-state index in [0.717, 1.165) is 0 Å². The molecule has 7 nitrogen and oxygen atoms in total. The van der Waals surface area contributed by atoms with Gasteiger partial charge in [0.2, 0.25) is 0 Å². The van der Waals surface area contributed by atoms with Crippen LogP contribution in [0.2, 0.25) is 0 Å². The molecule has 2 aromatic rings. The molecule has 7 heteroatoms. The summed E-state index contributed by atoms with van der Waals surface area (Å²) in [5.41, 5.74) is -0.0241. The van der Waals surface area contributed by atoms with Crippen molar-refractivity contribution in [1.29, 1.82) is 0 Å². The van der Waals surface area contributed by atoms with Crippen molar-refractivity contribution in [2.45, 2.75) is 6.92 Å². The van der Waals surface area contributed by atoms with Crippen molar-refractivity contribution in [3.8, 4) is 5.75 Å². The largest absolute Gasteiger partial charge is 0.493 e. The average molecular weight is 237 g/mol. The molecule has 0 aliphatic heterocycles. The molecule has 0 saturated carbocycles. The molecule has 2 rings (SSSR count). The van der Waals surface area contributed by atoms with Gasteiger partial charge in [0.25, 0.3) is 5.56 Å². The van der Waals surface area contributed by atoms with E-state index in [-0.39, 0.29) is 29.0 Å². The van der Waals surface area contributed by atoms with Gasteiger partial charge in [-0.25, -0.2) is 9.31 Å². The van der Waals surface area contributed by atoms with Crippen LogP contribution in [0.3, 0.4) is 0 Å². The maximum atomic E-state index is 11.6. The van der Waals surface area contributed by atoms with E-state index in [2.05, 4.69) is 10.1 Å². The van der Waals surface area contributed by atoms with Gasteiger partial charge in [-0.2, -0.15) is 5.10 Å². The number of carbonyl (C=O) groups excluding carboxylic acids is 1. The number of fused-ring (bicyclic) bond motifs is 1. The van der Waals surface area contributed by atoms with Gasteiger partial charge in [-0.3, -0.25) is 4.79 Å². The van der Waals surface area contributed by atoms with Crippen LogP contribution >= 0.6 is 0 Å². The van der Waals surface area contributed by atoms with Gasteiger partial charge in [-0.05, 0) is 6.92 Å². The molecule has 0 aromatic carbocycles. The van der Waals surface area contributed by atoms with Crippen LogP contribution in [-0.4, -0.2) is 34.3 Å². The first-order valence-corrected chi connectivity index (χ1v) is 4.99. The summed E-state index contributed by atoms with van der Waals surface area (Å²) in [4.78, 5) is 25.7. The minimum absolute atomic E-state index is 0.165. The maximum absolute atomic E-state index is 11.6. The first kappa shape index (κ1) is 11.2. The number of carbonyl (C=O) groups is 1. The van der Waals surface area contributed by atoms with Crippen molar-refractivity contribution in [1.82, 2.24) is 14.6 Å². The lowest BCUT2D eigenvalue weighted by Gasteiger charge is -2.01. The second kappa shape index (κ2) is 4.28. The third kappa shape index (κ3) is 1.75. The minimum Gasteiger partial charge on any atom is -0.493 e. The zero-order valence-electron chi connectivity index (χ0n) is 9.39. The number of aromatic nitrogens is 3. The topological polar surface area (TPSA) is 85.7 Å². The number of nitrogens with zero attached hydrogens (tertiary/aromatic N) is 2. The minimum atomic E-state index is -0.547. The van der Waals surface area contributed by atoms with E-state index in [1.54, 1.807) is 6.92 Å². The van der Waals surface area contributed by atoms with Crippen LogP contribution < -0.4 is 10.3 Å². The number of H-pyrrole nitrogens is 1. The Morgan fingerprint density at radius 2 is 2.35 bits per heavy atom. The molecule has 2 heterocycles. The molecule has 0 saturated heterocycles. The molecule has 2 aromatic heterocycles. The third-order valence-electron chi connectivity index (χ3n) is 2.23. The Morgan fingerprint density at radius 1 is 1.59 bits per heavy atom. The molecule has 1 N–H and O–H groups in total. The van der Waals surface area contributed by atoms with Crippen LogP contribution in [0.5, 0.6) is 5.75 Å². The Morgan fingerprint density at radius 3 is 3.00 bits per heavy atom. The van der Waals surface area contributed by atoms with Crippen molar-refractivity contribution in [3.63, 3.8) is 0 Å². The van der Waals surface area contributed by atoms with E-state index in [9.17, 15) is 9.59 Å². The second-order valence-corrected chi connectivity index (χ2v) is 3.21.